The summed E-state index contributed by atoms with van der Waals surface area (Å²) < 4.78 is 13.0. The van der Waals surface area contributed by atoms with Crippen LogP contribution in [0.1, 0.15) is 38.8 Å². The molecule has 1 amide bonds. The van der Waals surface area contributed by atoms with Gasteiger partial charge in [0.15, 0.2) is 0 Å². The SMILES string of the molecule is Cc1nc(Cc2ccc(F)cc2)sc1C(=O)N1CC2CCC(N)C2C1. The van der Waals surface area contributed by atoms with E-state index < -0.39 is 0 Å². The lowest BCUT2D eigenvalue weighted by Gasteiger charge is -2.18. The minimum atomic E-state index is -0.243. The average molecular weight is 359 g/mol. The summed E-state index contributed by atoms with van der Waals surface area (Å²) in [4.78, 5) is 20.2. The molecule has 3 atom stereocenters. The first-order valence-electron chi connectivity index (χ1n) is 8.77. The molecule has 2 aliphatic rings. The highest BCUT2D eigenvalue weighted by atomic mass is 32.1. The lowest BCUT2D eigenvalue weighted by atomic mass is 9.98. The summed E-state index contributed by atoms with van der Waals surface area (Å²) in [6.45, 7) is 3.48. The Labute approximate surface area is 150 Å². The maximum Gasteiger partial charge on any atom is 0.265 e. The summed E-state index contributed by atoms with van der Waals surface area (Å²) in [5.41, 5.74) is 7.96. The summed E-state index contributed by atoms with van der Waals surface area (Å²) in [6, 6.07) is 6.66. The second kappa shape index (κ2) is 6.50. The predicted molar refractivity (Wildman–Crippen MR) is 96.1 cm³/mol. The van der Waals surface area contributed by atoms with Crippen molar-refractivity contribution in [3.05, 3.63) is 51.2 Å². The molecule has 4 nitrogen and oxygen atoms in total. The number of halogens is 1. The quantitative estimate of drug-likeness (QED) is 0.916. The van der Waals surface area contributed by atoms with Crippen LogP contribution >= 0.6 is 11.3 Å². The number of fused-ring (bicyclic) bond motifs is 1. The Balaban J connectivity index is 1.48. The van der Waals surface area contributed by atoms with Crippen LogP contribution in [0.15, 0.2) is 24.3 Å². The summed E-state index contributed by atoms with van der Waals surface area (Å²) in [5, 5.41) is 0.892. The van der Waals surface area contributed by atoms with Crippen LogP contribution in [0, 0.1) is 24.6 Å². The average Bonchev–Trinajstić information content (AvgIpc) is 3.26. The highest BCUT2D eigenvalue weighted by Gasteiger charge is 2.43. The number of benzene rings is 1. The molecule has 1 aliphatic carbocycles. The Morgan fingerprint density at radius 3 is 2.80 bits per heavy atom. The van der Waals surface area contributed by atoms with E-state index in [0.29, 0.717) is 18.3 Å². The number of carbonyl (C=O) groups is 1. The number of nitrogens with two attached hydrogens (primary N) is 1. The van der Waals surface area contributed by atoms with Crippen molar-refractivity contribution in [2.75, 3.05) is 13.1 Å². The first kappa shape index (κ1) is 16.7. The second-order valence-electron chi connectivity index (χ2n) is 7.20. The van der Waals surface area contributed by atoms with Crippen LogP contribution < -0.4 is 5.73 Å². The summed E-state index contributed by atoms with van der Waals surface area (Å²) in [6.07, 6.45) is 2.83. The molecule has 1 aliphatic heterocycles. The second-order valence-corrected chi connectivity index (χ2v) is 8.28. The monoisotopic (exact) mass is 359 g/mol. The lowest BCUT2D eigenvalue weighted by molar-refractivity contribution is 0.0783. The van der Waals surface area contributed by atoms with Crippen LogP contribution in [0.25, 0.3) is 0 Å². The Bertz CT molecular complexity index is 788. The van der Waals surface area contributed by atoms with E-state index in [0.717, 1.165) is 47.1 Å². The molecule has 1 aromatic carbocycles. The van der Waals surface area contributed by atoms with Gasteiger partial charge >= 0.3 is 0 Å². The van der Waals surface area contributed by atoms with E-state index in [-0.39, 0.29) is 17.8 Å². The lowest BCUT2D eigenvalue weighted by Crippen LogP contribution is -2.33. The molecule has 4 rings (SSSR count). The van der Waals surface area contributed by atoms with Gasteiger partial charge < -0.3 is 10.6 Å². The van der Waals surface area contributed by atoms with E-state index >= 15 is 0 Å². The van der Waals surface area contributed by atoms with Crippen molar-refractivity contribution < 1.29 is 9.18 Å². The fourth-order valence-corrected chi connectivity index (χ4v) is 5.19. The van der Waals surface area contributed by atoms with Gasteiger partial charge in [-0.3, -0.25) is 4.79 Å². The molecule has 2 N–H and O–H groups in total. The normalized spacial score (nSPS) is 25.4. The topological polar surface area (TPSA) is 59.2 Å². The Morgan fingerprint density at radius 2 is 2.08 bits per heavy atom. The number of rotatable bonds is 3. The fraction of sp³-hybridized carbons (Fsp3) is 0.474. The maximum atomic E-state index is 13.0. The molecule has 2 aromatic rings. The first-order valence-corrected chi connectivity index (χ1v) is 9.58. The van der Waals surface area contributed by atoms with Gasteiger partial charge in [0, 0.05) is 25.6 Å². The van der Waals surface area contributed by atoms with Crippen molar-refractivity contribution in [1.82, 2.24) is 9.88 Å². The molecule has 132 valence electrons. The van der Waals surface area contributed by atoms with Crippen molar-refractivity contribution in [3.8, 4) is 0 Å². The molecule has 25 heavy (non-hydrogen) atoms. The van der Waals surface area contributed by atoms with Crippen LogP contribution in [0.2, 0.25) is 0 Å². The van der Waals surface area contributed by atoms with Gasteiger partial charge in [0.2, 0.25) is 0 Å². The van der Waals surface area contributed by atoms with E-state index in [1.807, 2.05) is 11.8 Å². The maximum absolute atomic E-state index is 13.0. The van der Waals surface area contributed by atoms with Gasteiger partial charge in [0.25, 0.3) is 5.91 Å². The number of hydrogen-bond donors (Lipinski definition) is 1. The predicted octanol–water partition coefficient (Wildman–Crippen LogP) is 2.99. The molecule has 1 saturated carbocycles. The van der Waals surface area contributed by atoms with Crippen LogP contribution in [0.5, 0.6) is 0 Å². The van der Waals surface area contributed by atoms with Gasteiger partial charge in [0.1, 0.15) is 10.7 Å². The molecule has 1 saturated heterocycles. The molecule has 1 aromatic heterocycles. The van der Waals surface area contributed by atoms with Gasteiger partial charge in [-0.15, -0.1) is 11.3 Å². The summed E-state index contributed by atoms with van der Waals surface area (Å²) >= 11 is 1.46. The third-order valence-corrected chi connectivity index (χ3v) is 6.65. The number of aromatic nitrogens is 1. The third kappa shape index (κ3) is 3.20. The smallest absolute Gasteiger partial charge is 0.265 e. The third-order valence-electron chi connectivity index (χ3n) is 5.50. The van der Waals surface area contributed by atoms with E-state index in [1.165, 1.54) is 23.5 Å². The minimum Gasteiger partial charge on any atom is -0.337 e. The van der Waals surface area contributed by atoms with Gasteiger partial charge in [0.05, 0.1) is 10.7 Å². The highest BCUT2D eigenvalue weighted by Crippen LogP contribution is 2.38. The Kier molecular flexibility index (Phi) is 4.33. The molecular formula is C19H22FN3OS. The first-order chi connectivity index (χ1) is 12.0. The molecular weight excluding hydrogens is 337 g/mol. The van der Waals surface area contributed by atoms with Crippen LogP contribution in [0.3, 0.4) is 0 Å². The van der Waals surface area contributed by atoms with Crippen molar-refractivity contribution in [2.45, 2.75) is 32.2 Å². The zero-order valence-corrected chi connectivity index (χ0v) is 15.1. The van der Waals surface area contributed by atoms with Crippen LogP contribution in [-0.4, -0.2) is 34.9 Å². The number of aryl methyl sites for hydroxylation is 1. The number of thiazole rings is 1. The molecule has 0 bridgehead atoms. The summed E-state index contributed by atoms with van der Waals surface area (Å²) in [5.74, 6) is 0.858. The zero-order valence-electron chi connectivity index (χ0n) is 14.2. The Morgan fingerprint density at radius 1 is 1.32 bits per heavy atom. The zero-order chi connectivity index (χ0) is 17.6. The van der Waals surface area contributed by atoms with E-state index in [4.69, 9.17) is 5.73 Å². The molecule has 0 radical (unpaired) electrons. The van der Waals surface area contributed by atoms with E-state index in [1.54, 1.807) is 12.1 Å². The number of hydrogen-bond acceptors (Lipinski definition) is 4. The molecule has 0 spiro atoms. The van der Waals surface area contributed by atoms with E-state index in [9.17, 15) is 9.18 Å². The molecule has 6 heteroatoms. The van der Waals surface area contributed by atoms with Gasteiger partial charge in [-0.05, 0) is 49.3 Å². The number of carbonyl (C=O) groups excluding carboxylic acids is 1. The van der Waals surface area contributed by atoms with Gasteiger partial charge in [-0.25, -0.2) is 9.37 Å². The summed E-state index contributed by atoms with van der Waals surface area (Å²) in [7, 11) is 0. The van der Waals surface area contributed by atoms with E-state index in [2.05, 4.69) is 4.98 Å². The Hall–Kier alpha value is -1.79. The van der Waals surface area contributed by atoms with Gasteiger partial charge in [-0.2, -0.15) is 0 Å². The molecule has 2 fully saturated rings. The minimum absolute atomic E-state index is 0.0851. The standard InChI is InChI=1S/C19H22FN3OS/c1-11-18(19(24)23-9-13-4-7-16(21)15(13)10-23)25-17(22-11)8-12-2-5-14(20)6-3-12/h2-3,5-6,13,15-16H,4,7-10,21H2,1H3. The van der Waals surface area contributed by atoms with Crippen LogP contribution in [-0.2, 0) is 6.42 Å². The fourth-order valence-electron chi connectivity index (χ4n) is 4.12. The van der Waals surface area contributed by atoms with Crippen molar-refractivity contribution in [2.24, 2.45) is 17.6 Å². The van der Waals surface area contributed by atoms with Gasteiger partial charge in [-0.1, -0.05) is 12.1 Å². The van der Waals surface area contributed by atoms with Crippen molar-refractivity contribution in [3.63, 3.8) is 0 Å². The highest BCUT2D eigenvalue weighted by molar-refractivity contribution is 7.13. The van der Waals surface area contributed by atoms with Crippen molar-refractivity contribution >= 4 is 17.2 Å². The number of likely N-dealkylation sites (tertiary alicyclic amines) is 1. The van der Waals surface area contributed by atoms with Crippen molar-refractivity contribution in [1.29, 1.82) is 0 Å². The molecule has 2 heterocycles. The van der Waals surface area contributed by atoms with Crippen LogP contribution in [0.4, 0.5) is 4.39 Å². The number of amides is 1. The largest absolute Gasteiger partial charge is 0.337 e. The number of nitrogens with zero attached hydrogens (tertiary/aromatic N) is 2. The molecule has 3 unspecified atom stereocenters.